The highest BCUT2D eigenvalue weighted by Gasteiger charge is 2.22. The third-order valence-corrected chi connectivity index (χ3v) is 6.70. The number of allylic oxidation sites excluding steroid dienone is 1. The average Bonchev–Trinajstić information content (AvgIpc) is 3.39. The zero-order valence-corrected chi connectivity index (χ0v) is 20.2. The number of anilines is 1. The molecule has 184 valence electrons. The molecule has 0 amide bonds. The van der Waals surface area contributed by atoms with Gasteiger partial charge in [-0.1, -0.05) is 20.4 Å². The van der Waals surface area contributed by atoms with Crippen molar-refractivity contribution in [1.29, 1.82) is 0 Å². The van der Waals surface area contributed by atoms with Crippen molar-refractivity contribution in [2.45, 2.75) is 52.6 Å². The van der Waals surface area contributed by atoms with Crippen LogP contribution < -0.4 is 5.32 Å². The summed E-state index contributed by atoms with van der Waals surface area (Å²) in [5, 5.41) is 8.11. The summed E-state index contributed by atoms with van der Waals surface area (Å²) in [4.78, 5) is 15.9. The summed E-state index contributed by atoms with van der Waals surface area (Å²) in [5.74, 6) is 1.55. The van der Waals surface area contributed by atoms with Crippen molar-refractivity contribution in [2.75, 3.05) is 18.4 Å². The molecule has 1 N–H and O–H groups in total. The Balaban J connectivity index is 1.35. The fraction of sp³-hybridized carbons (Fsp3) is 0.440. The molecule has 1 fully saturated rings. The lowest BCUT2D eigenvalue weighted by Crippen LogP contribution is -2.39. The Hall–Kier alpha value is -3.56. The molecule has 0 bridgehead atoms. The third kappa shape index (κ3) is 4.56. The summed E-state index contributed by atoms with van der Waals surface area (Å²) < 4.78 is 29.4. The summed E-state index contributed by atoms with van der Waals surface area (Å²) in [6.45, 7) is 11.8. The smallest absolute Gasteiger partial charge is 0.256 e. The molecule has 1 aliphatic rings. The monoisotopic (exact) mass is 480 g/mol. The van der Waals surface area contributed by atoms with Gasteiger partial charge in [0.15, 0.2) is 5.65 Å². The van der Waals surface area contributed by atoms with Crippen molar-refractivity contribution in [1.82, 2.24) is 34.0 Å². The number of halogens is 2. The first kappa shape index (κ1) is 23.2. The second-order valence-corrected chi connectivity index (χ2v) is 9.39. The minimum atomic E-state index is -2.48. The maximum Gasteiger partial charge on any atom is 0.256 e. The van der Waals surface area contributed by atoms with Crippen LogP contribution in [-0.2, 0) is 6.54 Å². The normalized spacial score (nSPS) is 15.1. The van der Waals surface area contributed by atoms with E-state index in [4.69, 9.17) is 0 Å². The molecule has 8 nitrogen and oxygen atoms in total. The number of aryl methyl sites for hydroxylation is 1. The molecule has 4 aromatic heterocycles. The Morgan fingerprint density at radius 2 is 1.94 bits per heavy atom. The first-order valence-electron chi connectivity index (χ1n) is 12.0. The van der Waals surface area contributed by atoms with Crippen LogP contribution in [0.5, 0.6) is 0 Å². The van der Waals surface area contributed by atoms with Gasteiger partial charge in [0.25, 0.3) is 6.43 Å². The van der Waals surface area contributed by atoms with Crippen LogP contribution in [0.2, 0.25) is 0 Å². The quantitative estimate of drug-likeness (QED) is 0.411. The van der Waals surface area contributed by atoms with Gasteiger partial charge in [-0.15, -0.1) is 5.10 Å². The summed E-state index contributed by atoms with van der Waals surface area (Å²) in [7, 11) is 0. The van der Waals surface area contributed by atoms with Crippen molar-refractivity contribution in [3.05, 3.63) is 48.7 Å². The summed E-state index contributed by atoms with van der Waals surface area (Å²) in [5.41, 5.74) is 4.53. The molecule has 0 unspecified atom stereocenters. The number of likely N-dealkylation sites (tertiary alicyclic amines) is 1. The number of rotatable bonds is 7. The largest absolute Gasteiger partial charge is 0.375 e. The van der Waals surface area contributed by atoms with Crippen LogP contribution >= 0.6 is 0 Å². The van der Waals surface area contributed by atoms with E-state index < -0.39 is 13.0 Å². The molecule has 1 aliphatic heterocycles. The topological polar surface area (TPSA) is 76.2 Å². The SMILES string of the molecule is C=C(C(C)C)N1CCC(Nc2ncc3c(-c4ccc5nc(C)n(CC(F)F)c5n4)ccn3n2)CC1. The Kier molecular flexibility index (Phi) is 6.12. The van der Waals surface area contributed by atoms with E-state index >= 15 is 0 Å². The molecule has 0 aromatic carbocycles. The van der Waals surface area contributed by atoms with Crippen LogP contribution in [0.15, 0.2) is 42.9 Å². The van der Waals surface area contributed by atoms with Gasteiger partial charge < -0.3 is 14.8 Å². The number of hydrogen-bond acceptors (Lipinski definition) is 6. The Morgan fingerprint density at radius 1 is 1.17 bits per heavy atom. The summed E-state index contributed by atoms with van der Waals surface area (Å²) >= 11 is 0. The number of fused-ring (bicyclic) bond motifs is 2. The minimum Gasteiger partial charge on any atom is -0.375 e. The molecule has 0 spiro atoms. The lowest BCUT2D eigenvalue weighted by Gasteiger charge is -2.36. The van der Waals surface area contributed by atoms with Crippen LogP contribution in [0.25, 0.3) is 27.9 Å². The van der Waals surface area contributed by atoms with Gasteiger partial charge >= 0.3 is 0 Å². The predicted molar refractivity (Wildman–Crippen MR) is 132 cm³/mol. The lowest BCUT2D eigenvalue weighted by atomic mass is 10.0. The maximum atomic E-state index is 13.1. The van der Waals surface area contributed by atoms with E-state index in [-0.39, 0.29) is 0 Å². The zero-order chi connectivity index (χ0) is 24.7. The molecule has 1 saturated heterocycles. The van der Waals surface area contributed by atoms with Gasteiger partial charge in [-0.05, 0) is 43.9 Å². The Morgan fingerprint density at radius 3 is 2.66 bits per heavy atom. The van der Waals surface area contributed by atoms with Crippen molar-refractivity contribution >= 4 is 22.6 Å². The number of hydrogen-bond donors (Lipinski definition) is 1. The van der Waals surface area contributed by atoms with Gasteiger partial charge in [0, 0.05) is 36.6 Å². The maximum absolute atomic E-state index is 13.1. The standard InChI is InChI=1S/C25H30F2N8/c1-15(2)16(3)33-10-7-18(8-11-33)30-25-28-13-22-19(9-12-35(22)32-25)20-5-6-21-24(31-20)34(14-23(26)27)17(4)29-21/h5-6,9,12-13,15,18,23H,3,7-8,10-11,14H2,1-2,4H3,(H,30,32). The Bertz CT molecular complexity index is 1360. The zero-order valence-electron chi connectivity index (χ0n) is 20.2. The fourth-order valence-electron chi connectivity index (χ4n) is 4.66. The molecular formula is C25H30F2N8. The van der Waals surface area contributed by atoms with E-state index in [1.165, 1.54) is 10.3 Å². The van der Waals surface area contributed by atoms with E-state index in [0.29, 0.717) is 40.6 Å². The number of imidazole rings is 1. The molecule has 5 heterocycles. The molecular weight excluding hydrogens is 450 g/mol. The van der Waals surface area contributed by atoms with Gasteiger partial charge in [-0.25, -0.2) is 28.2 Å². The molecule has 35 heavy (non-hydrogen) atoms. The molecule has 0 atom stereocenters. The number of aromatic nitrogens is 6. The highest BCUT2D eigenvalue weighted by atomic mass is 19.3. The number of piperidine rings is 1. The second-order valence-electron chi connectivity index (χ2n) is 9.39. The van der Waals surface area contributed by atoms with Crippen LogP contribution in [-0.4, -0.2) is 59.6 Å². The first-order valence-corrected chi connectivity index (χ1v) is 12.0. The molecule has 0 radical (unpaired) electrons. The lowest BCUT2D eigenvalue weighted by molar-refractivity contribution is 0.127. The van der Waals surface area contributed by atoms with E-state index in [0.717, 1.165) is 37.0 Å². The highest BCUT2D eigenvalue weighted by molar-refractivity contribution is 5.82. The van der Waals surface area contributed by atoms with Crippen LogP contribution in [0.4, 0.5) is 14.7 Å². The van der Waals surface area contributed by atoms with Crippen molar-refractivity contribution in [3.8, 4) is 11.3 Å². The molecule has 10 heteroatoms. The van der Waals surface area contributed by atoms with Crippen LogP contribution in [0.1, 0.15) is 32.5 Å². The third-order valence-electron chi connectivity index (χ3n) is 6.70. The number of nitrogens with one attached hydrogen (secondary N) is 1. The number of nitrogens with zero attached hydrogens (tertiary/aromatic N) is 7. The second kappa shape index (κ2) is 9.24. The van der Waals surface area contributed by atoms with E-state index in [1.807, 2.05) is 24.4 Å². The van der Waals surface area contributed by atoms with Crippen LogP contribution in [0, 0.1) is 12.8 Å². The van der Waals surface area contributed by atoms with Gasteiger partial charge in [-0.3, -0.25) is 0 Å². The molecule has 5 rings (SSSR count). The van der Waals surface area contributed by atoms with Crippen molar-refractivity contribution < 1.29 is 8.78 Å². The predicted octanol–water partition coefficient (Wildman–Crippen LogP) is 4.76. The van der Waals surface area contributed by atoms with Gasteiger partial charge in [0.05, 0.1) is 24.0 Å². The Labute approximate surface area is 202 Å². The summed E-state index contributed by atoms with van der Waals surface area (Å²) in [6.07, 6.45) is 3.15. The van der Waals surface area contributed by atoms with Crippen molar-refractivity contribution in [2.24, 2.45) is 5.92 Å². The van der Waals surface area contributed by atoms with Gasteiger partial charge in [0.1, 0.15) is 11.3 Å². The van der Waals surface area contributed by atoms with E-state index in [1.54, 1.807) is 17.6 Å². The molecule has 0 saturated carbocycles. The van der Waals surface area contributed by atoms with E-state index in [9.17, 15) is 8.78 Å². The number of pyridine rings is 1. The first-order chi connectivity index (χ1) is 16.8. The van der Waals surface area contributed by atoms with Crippen LogP contribution in [0.3, 0.4) is 0 Å². The summed E-state index contributed by atoms with van der Waals surface area (Å²) in [6, 6.07) is 5.88. The van der Waals surface area contributed by atoms with E-state index in [2.05, 4.69) is 50.7 Å². The van der Waals surface area contributed by atoms with Crippen molar-refractivity contribution in [3.63, 3.8) is 0 Å². The molecule has 0 aliphatic carbocycles. The fourth-order valence-corrected chi connectivity index (χ4v) is 4.66. The van der Waals surface area contributed by atoms with Gasteiger partial charge in [-0.2, -0.15) is 0 Å². The average molecular weight is 481 g/mol. The molecule has 4 aromatic rings. The minimum absolute atomic E-state index is 0.307. The van der Waals surface area contributed by atoms with Gasteiger partial charge in [0.2, 0.25) is 5.95 Å². The highest BCUT2D eigenvalue weighted by Crippen LogP contribution is 2.27. The number of alkyl halides is 2.